The second-order valence-corrected chi connectivity index (χ2v) is 14.4. The minimum atomic E-state index is -1.28. The van der Waals surface area contributed by atoms with Gasteiger partial charge in [-0.3, -0.25) is 14.4 Å². The second kappa shape index (κ2) is 22.8. The smallest absolute Gasteiger partial charge is 0.407 e. The molecule has 2 aromatic rings. The van der Waals surface area contributed by atoms with Gasteiger partial charge in [0.15, 0.2) is 0 Å². The monoisotopic (exact) mass is 759 g/mol. The summed E-state index contributed by atoms with van der Waals surface area (Å²) in [5.41, 5.74) is 0.672. The van der Waals surface area contributed by atoms with E-state index in [0.717, 1.165) is 10.5 Å². The summed E-state index contributed by atoms with van der Waals surface area (Å²) < 4.78 is 15.4. The van der Waals surface area contributed by atoms with Crippen LogP contribution < -0.4 is 21.3 Å². The number of nitrogens with one attached hydrogen (secondary N) is 5. The maximum atomic E-state index is 13.5. The number of hydrogen-bond donors (Lipinski definition) is 6. The summed E-state index contributed by atoms with van der Waals surface area (Å²) in [7, 11) is 2.57. The molecule has 0 bridgehead atoms. The van der Waals surface area contributed by atoms with Crippen molar-refractivity contribution in [3.63, 3.8) is 0 Å². The molecule has 1 heterocycles. The third kappa shape index (κ3) is 18.0. The van der Waals surface area contributed by atoms with Gasteiger partial charge < -0.3 is 50.5 Å². The Balaban J connectivity index is 1.98. The van der Waals surface area contributed by atoms with Gasteiger partial charge in [-0.15, -0.1) is 0 Å². The Morgan fingerprint density at radius 3 is 2.28 bits per heavy atom. The Kier molecular flexibility index (Phi) is 19.0. The van der Waals surface area contributed by atoms with Crippen molar-refractivity contribution in [3.05, 3.63) is 54.1 Å². The predicted molar refractivity (Wildman–Crippen MR) is 198 cm³/mol. The minimum absolute atomic E-state index is 0.00935. The van der Waals surface area contributed by atoms with Gasteiger partial charge in [-0.2, -0.15) is 0 Å². The van der Waals surface area contributed by atoms with Crippen molar-refractivity contribution < 1.29 is 48.1 Å². The molecule has 0 aliphatic heterocycles. The number of carbonyl (C=O) groups is 6. The van der Waals surface area contributed by atoms with Crippen LogP contribution in [0.4, 0.5) is 9.59 Å². The van der Waals surface area contributed by atoms with Gasteiger partial charge in [-0.25, -0.2) is 19.4 Å². The molecule has 1 aromatic carbocycles. The Morgan fingerprint density at radius 1 is 0.963 bits per heavy atom. The summed E-state index contributed by atoms with van der Waals surface area (Å²) in [5, 5.41) is 21.5. The van der Waals surface area contributed by atoms with Gasteiger partial charge in [0, 0.05) is 31.9 Å². The molecule has 17 heteroatoms. The number of amides is 5. The molecule has 5 amide bonds. The minimum Gasteiger partial charge on any atom is -0.467 e. The fourth-order valence-electron chi connectivity index (χ4n) is 5.22. The second-order valence-electron chi connectivity index (χ2n) is 14.4. The third-order valence-electron chi connectivity index (χ3n) is 7.92. The fourth-order valence-corrected chi connectivity index (χ4v) is 5.22. The number of H-pyrrole nitrogens is 1. The van der Waals surface area contributed by atoms with Crippen LogP contribution in [0, 0.1) is 5.92 Å². The number of rotatable bonds is 21. The van der Waals surface area contributed by atoms with E-state index < -0.39 is 78.7 Å². The van der Waals surface area contributed by atoms with E-state index in [1.807, 2.05) is 44.2 Å². The van der Waals surface area contributed by atoms with E-state index in [-0.39, 0.29) is 31.9 Å². The van der Waals surface area contributed by atoms with Crippen LogP contribution in [-0.2, 0) is 46.4 Å². The Morgan fingerprint density at radius 2 is 1.67 bits per heavy atom. The maximum absolute atomic E-state index is 13.5. The quantitative estimate of drug-likeness (QED) is 0.0615. The number of likely N-dealkylation sites (N-methyl/N-ethyl adjacent to an activating group) is 1. The zero-order valence-electron chi connectivity index (χ0n) is 32.3. The topological polar surface area (TPSA) is 230 Å². The highest BCUT2D eigenvalue weighted by molar-refractivity contribution is 5.92. The number of aliphatic hydroxyl groups is 1. The van der Waals surface area contributed by atoms with Crippen molar-refractivity contribution >= 4 is 35.9 Å². The van der Waals surface area contributed by atoms with Gasteiger partial charge in [0.25, 0.3) is 0 Å². The SMILES string of the molecule is COC(=O)[C@H](CCCCNC(=O)OC(C)(C)C)NC(=O)[C@H](Cc1cnc[nH]1)NC(=O)CN(C)C(=O)C[C@H](O)[C@H](CC(C)C)NC(=O)OCc1ccccc1. The molecule has 54 heavy (non-hydrogen) atoms. The molecule has 0 aliphatic rings. The first-order chi connectivity index (χ1) is 25.5. The highest BCUT2D eigenvalue weighted by atomic mass is 16.6. The number of imidazole rings is 1. The summed E-state index contributed by atoms with van der Waals surface area (Å²) >= 11 is 0. The number of ether oxygens (including phenoxy) is 3. The van der Waals surface area contributed by atoms with Gasteiger partial charge in [-0.05, 0) is 57.9 Å². The number of benzene rings is 1. The molecule has 17 nitrogen and oxygen atoms in total. The van der Waals surface area contributed by atoms with Gasteiger partial charge in [0.05, 0.1) is 38.5 Å². The highest BCUT2D eigenvalue weighted by Crippen LogP contribution is 2.14. The molecule has 300 valence electrons. The number of aliphatic hydroxyl groups excluding tert-OH is 1. The first kappa shape index (κ1) is 45.0. The number of unbranched alkanes of at least 4 members (excludes halogenated alkanes) is 1. The Labute approximate surface area is 316 Å². The number of methoxy groups -OCH3 is 1. The van der Waals surface area contributed by atoms with Crippen LogP contribution in [0.5, 0.6) is 0 Å². The first-order valence-electron chi connectivity index (χ1n) is 18.0. The molecule has 2 rings (SSSR count). The molecule has 0 spiro atoms. The summed E-state index contributed by atoms with van der Waals surface area (Å²) in [4.78, 5) is 84.7. The van der Waals surface area contributed by atoms with Crippen molar-refractivity contribution in [2.75, 3.05) is 27.2 Å². The fraction of sp³-hybridized carbons (Fsp3) is 0.595. The van der Waals surface area contributed by atoms with Crippen LogP contribution in [0.25, 0.3) is 0 Å². The van der Waals surface area contributed by atoms with E-state index in [0.29, 0.717) is 25.0 Å². The van der Waals surface area contributed by atoms with E-state index in [1.54, 1.807) is 20.8 Å². The molecule has 6 N–H and O–H groups in total. The van der Waals surface area contributed by atoms with E-state index >= 15 is 0 Å². The molecule has 0 aliphatic carbocycles. The molecular weight excluding hydrogens is 702 g/mol. The Bertz CT molecular complexity index is 1480. The van der Waals surface area contributed by atoms with Crippen molar-refractivity contribution in [2.24, 2.45) is 5.92 Å². The molecule has 0 fully saturated rings. The Hall–Kier alpha value is -5.19. The van der Waals surface area contributed by atoms with Gasteiger partial charge >= 0.3 is 18.2 Å². The number of carbonyl (C=O) groups excluding carboxylic acids is 6. The van der Waals surface area contributed by atoms with Crippen LogP contribution in [0.15, 0.2) is 42.9 Å². The third-order valence-corrected chi connectivity index (χ3v) is 7.92. The van der Waals surface area contributed by atoms with Crippen molar-refractivity contribution in [1.82, 2.24) is 36.1 Å². The molecule has 1 aromatic heterocycles. The molecule has 0 radical (unpaired) electrons. The van der Waals surface area contributed by atoms with Crippen molar-refractivity contribution in [1.29, 1.82) is 0 Å². The normalized spacial score (nSPS) is 13.4. The van der Waals surface area contributed by atoms with Crippen LogP contribution in [0.1, 0.15) is 78.0 Å². The average Bonchev–Trinajstić information content (AvgIpc) is 3.61. The standard InChI is InChI=1S/C37H57N7O10/c1-24(2)17-28(43-36(51)53-22-25-13-9-8-10-14-25)30(45)19-32(47)44(6)21-31(46)41-29(18-26-20-38-23-40-26)33(48)42-27(34(49)52-7)15-11-12-16-39-35(50)54-37(3,4)5/h8-10,13-14,20,23-24,27-30,45H,11-12,15-19,21-22H2,1-7H3,(H,38,40)(H,39,50)(H,41,46)(H,42,48)(H,43,51)/t27-,28-,29-,30-/m0/s1. The number of esters is 1. The lowest BCUT2D eigenvalue weighted by Gasteiger charge is -2.27. The summed E-state index contributed by atoms with van der Waals surface area (Å²) in [6.45, 7) is 8.93. The largest absolute Gasteiger partial charge is 0.467 e. The first-order valence-corrected chi connectivity index (χ1v) is 18.0. The van der Waals surface area contributed by atoms with E-state index in [1.165, 1.54) is 26.7 Å². The zero-order valence-corrected chi connectivity index (χ0v) is 32.3. The van der Waals surface area contributed by atoms with Crippen LogP contribution in [0.2, 0.25) is 0 Å². The van der Waals surface area contributed by atoms with E-state index in [2.05, 4.69) is 31.2 Å². The van der Waals surface area contributed by atoms with Gasteiger partial charge in [0.2, 0.25) is 17.7 Å². The maximum Gasteiger partial charge on any atom is 0.407 e. The lowest BCUT2D eigenvalue weighted by atomic mass is 9.97. The van der Waals surface area contributed by atoms with Crippen molar-refractivity contribution in [3.8, 4) is 0 Å². The molecular formula is C37H57N7O10. The average molecular weight is 760 g/mol. The number of aromatic nitrogens is 2. The molecule has 0 saturated heterocycles. The van der Waals surface area contributed by atoms with Crippen LogP contribution >= 0.6 is 0 Å². The highest BCUT2D eigenvalue weighted by Gasteiger charge is 2.30. The lowest BCUT2D eigenvalue weighted by Crippen LogP contribution is -2.54. The number of nitrogens with zero attached hydrogens (tertiary/aromatic N) is 2. The zero-order chi connectivity index (χ0) is 40.3. The number of hydrogen-bond acceptors (Lipinski definition) is 11. The predicted octanol–water partition coefficient (Wildman–Crippen LogP) is 2.34. The van der Waals surface area contributed by atoms with Crippen LogP contribution in [-0.4, -0.2) is 113 Å². The van der Waals surface area contributed by atoms with Crippen LogP contribution in [0.3, 0.4) is 0 Å². The van der Waals surface area contributed by atoms with Crippen molar-refractivity contribution in [2.45, 2.75) is 110 Å². The van der Waals surface area contributed by atoms with Gasteiger partial charge in [0.1, 0.15) is 24.3 Å². The lowest BCUT2D eigenvalue weighted by molar-refractivity contribution is -0.145. The molecule has 4 atom stereocenters. The number of aromatic amines is 1. The summed E-state index contributed by atoms with van der Waals surface area (Å²) in [6, 6.07) is 6.08. The molecule has 0 saturated carbocycles. The number of alkyl carbamates (subject to hydrolysis) is 2. The van der Waals surface area contributed by atoms with E-state index in [9.17, 15) is 33.9 Å². The molecule has 0 unspecified atom stereocenters. The summed E-state index contributed by atoms with van der Waals surface area (Å²) in [6.07, 6.45) is 1.38. The van der Waals surface area contributed by atoms with E-state index in [4.69, 9.17) is 14.2 Å². The van der Waals surface area contributed by atoms with Gasteiger partial charge in [-0.1, -0.05) is 44.2 Å². The summed E-state index contributed by atoms with van der Waals surface area (Å²) in [5.74, 6) is -2.55.